The molecule has 9 heteroatoms. The topological polar surface area (TPSA) is 91.6 Å². The number of nitrogens with one attached hydrogen (secondary N) is 1. The first-order chi connectivity index (χ1) is 14.9. The van der Waals surface area contributed by atoms with Crippen LogP contribution in [0.15, 0.2) is 48.7 Å². The Morgan fingerprint density at radius 1 is 1.16 bits per heavy atom. The molecule has 0 saturated carbocycles. The van der Waals surface area contributed by atoms with E-state index in [1.807, 2.05) is 36.2 Å². The largest absolute Gasteiger partial charge is 0.388 e. The van der Waals surface area contributed by atoms with Gasteiger partial charge >= 0.3 is 5.69 Å². The molecule has 4 rings (SSSR count). The Morgan fingerprint density at radius 3 is 2.71 bits per heavy atom. The highest BCUT2D eigenvalue weighted by atomic mass is 19.1. The van der Waals surface area contributed by atoms with E-state index in [2.05, 4.69) is 10.3 Å². The van der Waals surface area contributed by atoms with E-state index in [9.17, 15) is 19.3 Å². The fraction of sp³-hybridized carbons (Fsp3) is 0.273. The number of hydrogen-bond acceptors (Lipinski definition) is 6. The highest BCUT2D eigenvalue weighted by Gasteiger charge is 2.26. The predicted octanol–water partition coefficient (Wildman–Crippen LogP) is 3.22. The summed E-state index contributed by atoms with van der Waals surface area (Å²) >= 11 is 0. The molecule has 1 aromatic heterocycles. The zero-order valence-corrected chi connectivity index (χ0v) is 17.0. The third-order valence-corrected chi connectivity index (χ3v) is 5.50. The molecule has 0 aliphatic carbocycles. The van der Waals surface area contributed by atoms with Crippen molar-refractivity contribution in [1.82, 2.24) is 9.88 Å². The van der Waals surface area contributed by atoms with Gasteiger partial charge in [-0.25, -0.2) is 4.98 Å². The van der Waals surface area contributed by atoms with E-state index >= 15 is 0 Å². The molecule has 31 heavy (non-hydrogen) atoms. The van der Waals surface area contributed by atoms with Crippen molar-refractivity contribution in [2.24, 2.45) is 0 Å². The van der Waals surface area contributed by atoms with Crippen LogP contribution in [0.25, 0.3) is 10.8 Å². The van der Waals surface area contributed by atoms with Gasteiger partial charge in [0.25, 0.3) is 0 Å². The minimum absolute atomic E-state index is 0.0418. The van der Waals surface area contributed by atoms with E-state index < -0.39 is 16.4 Å². The third-order valence-electron chi connectivity index (χ3n) is 5.50. The standard InChI is InChI=1S/C22H22FN5O3/c1-24-18-4-3-16-12-21(25-13-17(16)11-18)27-9-8-26(14-22(27)29)7-6-15-2-5-20(28(30)31)19(23)10-15/h2-5,10-13,24H,6-9,14H2,1H3. The van der Waals surface area contributed by atoms with Crippen LogP contribution in [0.4, 0.5) is 21.6 Å². The molecule has 0 atom stereocenters. The Bertz CT molecular complexity index is 1150. The van der Waals surface area contributed by atoms with Crippen LogP contribution in [0.3, 0.4) is 0 Å². The van der Waals surface area contributed by atoms with Crippen LogP contribution in [0.2, 0.25) is 0 Å². The summed E-state index contributed by atoms with van der Waals surface area (Å²) in [6.07, 6.45) is 2.28. The Morgan fingerprint density at radius 2 is 2.00 bits per heavy atom. The monoisotopic (exact) mass is 423 g/mol. The van der Waals surface area contributed by atoms with Crippen molar-refractivity contribution in [2.45, 2.75) is 6.42 Å². The lowest BCUT2D eigenvalue weighted by molar-refractivity contribution is -0.387. The number of hydrogen-bond donors (Lipinski definition) is 1. The Kier molecular flexibility index (Phi) is 5.77. The molecule has 0 spiro atoms. The summed E-state index contributed by atoms with van der Waals surface area (Å²) in [6, 6.07) is 11.8. The molecule has 0 bridgehead atoms. The van der Waals surface area contributed by atoms with Crippen LogP contribution in [0, 0.1) is 15.9 Å². The van der Waals surface area contributed by atoms with E-state index in [0.29, 0.717) is 37.4 Å². The molecule has 2 heterocycles. The van der Waals surface area contributed by atoms with E-state index in [4.69, 9.17) is 0 Å². The van der Waals surface area contributed by atoms with Crippen LogP contribution in [-0.4, -0.2) is 53.9 Å². The Labute approximate surface area is 178 Å². The van der Waals surface area contributed by atoms with Crippen LogP contribution < -0.4 is 10.2 Å². The van der Waals surface area contributed by atoms with Crippen molar-refractivity contribution in [3.63, 3.8) is 0 Å². The fourth-order valence-corrected chi connectivity index (χ4v) is 3.73. The number of pyridine rings is 1. The van der Waals surface area contributed by atoms with Gasteiger partial charge in [-0.15, -0.1) is 0 Å². The summed E-state index contributed by atoms with van der Waals surface area (Å²) in [4.78, 5) is 30.9. The van der Waals surface area contributed by atoms with E-state index in [-0.39, 0.29) is 12.5 Å². The first-order valence-electron chi connectivity index (χ1n) is 9.97. The van der Waals surface area contributed by atoms with Gasteiger partial charge in [-0.05, 0) is 41.6 Å². The SMILES string of the molecule is CNc1ccc2cc(N3CCN(CCc4ccc([N+](=O)[O-])c(F)c4)CC3=O)ncc2c1. The average molecular weight is 423 g/mol. The normalized spacial score (nSPS) is 14.8. The zero-order chi connectivity index (χ0) is 22.0. The number of nitrogens with zero attached hydrogens (tertiary/aromatic N) is 4. The summed E-state index contributed by atoms with van der Waals surface area (Å²) in [5, 5.41) is 15.8. The summed E-state index contributed by atoms with van der Waals surface area (Å²) in [5.74, 6) is -0.251. The maximum absolute atomic E-state index is 13.8. The molecule has 1 saturated heterocycles. The molecule has 1 fully saturated rings. The van der Waals surface area contributed by atoms with Gasteiger partial charge in [0.15, 0.2) is 0 Å². The van der Waals surface area contributed by atoms with Crippen molar-refractivity contribution in [3.8, 4) is 0 Å². The second-order valence-corrected chi connectivity index (χ2v) is 7.47. The molecule has 0 unspecified atom stereocenters. The van der Waals surface area contributed by atoms with Gasteiger partial charge in [0, 0.05) is 50.0 Å². The van der Waals surface area contributed by atoms with Gasteiger partial charge in [-0.3, -0.25) is 24.7 Å². The van der Waals surface area contributed by atoms with Gasteiger partial charge in [-0.2, -0.15) is 4.39 Å². The molecular formula is C22H22FN5O3. The summed E-state index contributed by atoms with van der Waals surface area (Å²) in [6.45, 7) is 1.99. The van der Waals surface area contributed by atoms with Crippen LogP contribution in [0.5, 0.6) is 0 Å². The number of anilines is 2. The molecule has 1 aliphatic rings. The second kappa shape index (κ2) is 8.65. The first kappa shape index (κ1) is 20.7. The summed E-state index contributed by atoms with van der Waals surface area (Å²) in [7, 11) is 1.86. The third kappa shape index (κ3) is 4.46. The van der Waals surface area contributed by atoms with Crippen LogP contribution in [-0.2, 0) is 11.2 Å². The van der Waals surface area contributed by atoms with Gasteiger partial charge < -0.3 is 5.32 Å². The predicted molar refractivity (Wildman–Crippen MR) is 117 cm³/mol. The van der Waals surface area contributed by atoms with E-state index in [0.717, 1.165) is 16.5 Å². The Hall–Kier alpha value is -3.59. The lowest BCUT2D eigenvalue weighted by Gasteiger charge is -2.33. The van der Waals surface area contributed by atoms with E-state index in [1.54, 1.807) is 17.2 Å². The fourth-order valence-electron chi connectivity index (χ4n) is 3.73. The number of aromatic nitrogens is 1. The number of amides is 1. The number of piperazine rings is 1. The number of nitro groups is 1. The number of carbonyl (C=O) groups is 1. The summed E-state index contributed by atoms with van der Waals surface area (Å²) in [5.41, 5.74) is 1.13. The van der Waals surface area contributed by atoms with Crippen LogP contribution >= 0.6 is 0 Å². The van der Waals surface area contributed by atoms with Crippen molar-refractivity contribution in [2.75, 3.05) is 43.4 Å². The van der Waals surface area contributed by atoms with Gasteiger partial charge in [-0.1, -0.05) is 12.1 Å². The Balaban J connectivity index is 1.38. The molecule has 1 aliphatic heterocycles. The van der Waals surface area contributed by atoms with E-state index in [1.165, 1.54) is 12.1 Å². The van der Waals surface area contributed by atoms with Crippen molar-refractivity contribution >= 4 is 33.9 Å². The van der Waals surface area contributed by atoms with Crippen molar-refractivity contribution in [3.05, 3.63) is 70.2 Å². The molecule has 8 nitrogen and oxygen atoms in total. The number of nitro benzene ring substituents is 1. The minimum Gasteiger partial charge on any atom is -0.388 e. The molecular weight excluding hydrogens is 401 g/mol. The number of fused-ring (bicyclic) bond motifs is 1. The lowest BCUT2D eigenvalue weighted by atomic mass is 10.1. The number of halogens is 1. The molecule has 160 valence electrons. The lowest BCUT2D eigenvalue weighted by Crippen LogP contribution is -2.51. The molecule has 3 aromatic rings. The average Bonchev–Trinajstić information content (AvgIpc) is 2.77. The van der Waals surface area contributed by atoms with Crippen molar-refractivity contribution in [1.29, 1.82) is 0 Å². The number of rotatable bonds is 6. The second-order valence-electron chi connectivity index (χ2n) is 7.47. The molecule has 0 radical (unpaired) electrons. The number of benzene rings is 2. The maximum Gasteiger partial charge on any atom is 0.304 e. The van der Waals surface area contributed by atoms with Crippen molar-refractivity contribution < 1.29 is 14.1 Å². The van der Waals surface area contributed by atoms with Crippen LogP contribution in [0.1, 0.15) is 5.56 Å². The molecule has 1 N–H and O–H groups in total. The highest BCUT2D eigenvalue weighted by molar-refractivity contribution is 5.97. The summed E-state index contributed by atoms with van der Waals surface area (Å²) < 4.78 is 13.8. The van der Waals surface area contributed by atoms with Gasteiger partial charge in [0.2, 0.25) is 11.7 Å². The molecule has 2 aromatic carbocycles. The quantitative estimate of drug-likeness (QED) is 0.484. The number of carbonyl (C=O) groups excluding carboxylic acids is 1. The van der Waals surface area contributed by atoms with Gasteiger partial charge in [0.1, 0.15) is 5.82 Å². The first-order valence-corrected chi connectivity index (χ1v) is 9.97. The highest BCUT2D eigenvalue weighted by Crippen LogP contribution is 2.24. The molecule has 1 amide bonds. The minimum atomic E-state index is -0.840. The van der Waals surface area contributed by atoms with Gasteiger partial charge in [0.05, 0.1) is 11.5 Å². The zero-order valence-electron chi connectivity index (χ0n) is 17.0. The maximum atomic E-state index is 13.8. The smallest absolute Gasteiger partial charge is 0.304 e.